The Morgan fingerprint density at radius 3 is 2.12 bits per heavy atom. The van der Waals surface area contributed by atoms with Crippen molar-refractivity contribution in [1.29, 1.82) is 0 Å². The van der Waals surface area contributed by atoms with Gasteiger partial charge in [0, 0.05) is 24.1 Å². The minimum absolute atomic E-state index is 0.0236. The fourth-order valence-electron chi connectivity index (χ4n) is 3.23. The Kier molecular flexibility index (Phi) is 7.29. The molecule has 2 N–H and O–H groups in total. The molecule has 1 saturated carbocycles. The lowest BCUT2D eigenvalue weighted by atomic mass is 9.81. The SMILES string of the molecule is CCCCCNC(=O)C1CCC(C(=O)Nc2ccc(C)cc2)CC1. The van der Waals surface area contributed by atoms with Crippen LogP contribution in [0.2, 0.25) is 0 Å². The van der Waals surface area contributed by atoms with Crippen molar-refractivity contribution >= 4 is 17.5 Å². The maximum Gasteiger partial charge on any atom is 0.227 e. The summed E-state index contributed by atoms with van der Waals surface area (Å²) in [7, 11) is 0. The summed E-state index contributed by atoms with van der Waals surface area (Å²) < 4.78 is 0. The second-order valence-electron chi connectivity index (χ2n) is 6.90. The lowest BCUT2D eigenvalue weighted by Crippen LogP contribution is -2.35. The molecule has 2 rings (SSSR count). The molecule has 1 aromatic rings. The summed E-state index contributed by atoms with van der Waals surface area (Å²) in [6, 6.07) is 7.86. The molecular weight excluding hydrogens is 300 g/mol. The molecule has 132 valence electrons. The molecule has 2 amide bonds. The van der Waals surface area contributed by atoms with Crippen LogP contribution in [0.4, 0.5) is 5.69 Å². The van der Waals surface area contributed by atoms with E-state index in [0.717, 1.165) is 57.2 Å². The quantitative estimate of drug-likeness (QED) is 0.741. The highest BCUT2D eigenvalue weighted by molar-refractivity contribution is 5.92. The first-order valence-corrected chi connectivity index (χ1v) is 9.25. The first-order valence-electron chi connectivity index (χ1n) is 9.25. The van der Waals surface area contributed by atoms with E-state index in [-0.39, 0.29) is 23.7 Å². The minimum atomic E-state index is 0.0236. The van der Waals surface area contributed by atoms with Crippen molar-refractivity contribution < 1.29 is 9.59 Å². The number of rotatable bonds is 7. The van der Waals surface area contributed by atoms with Crippen molar-refractivity contribution in [1.82, 2.24) is 5.32 Å². The Balaban J connectivity index is 1.72. The van der Waals surface area contributed by atoms with Crippen LogP contribution in [-0.4, -0.2) is 18.4 Å². The fraction of sp³-hybridized carbons (Fsp3) is 0.600. The van der Waals surface area contributed by atoms with E-state index in [9.17, 15) is 9.59 Å². The van der Waals surface area contributed by atoms with Gasteiger partial charge in [-0.2, -0.15) is 0 Å². The van der Waals surface area contributed by atoms with Crippen molar-refractivity contribution in [2.24, 2.45) is 11.8 Å². The standard InChI is InChI=1S/C20H30N2O2/c1-3-4-5-14-21-19(23)16-8-10-17(11-9-16)20(24)22-18-12-6-15(2)7-13-18/h6-7,12-13,16-17H,3-5,8-11,14H2,1-2H3,(H,21,23)(H,22,24). The van der Waals surface area contributed by atoms with Gasteiger partial charge in [0.05, 0.1) is 0 Å². The first kappa shape index (κ1) is 18.5. The molecule has 0 radical (unpaired) electrons. The average Bonchev–Trinajstić information content (AvgIpc) is 2.60. The lowest BCUT2D eigenvalue weighted by molar-refractivity contribution is -0.128. The minimum Gasteiger partial charge on any atom is -0.356 e. The molecule has 1 aliphatic carbocycles. The van der Waals surface area contributed by atoms with E-state index in [1.54, 1.807) is 0 Å². The molecular formula is C20H30N2O2. The van der Waals surface area contributed by atoms with Crippen LogP contribution in [0.25, 0.3) is 0 Å². The topological polar surface area (TPSA) is 58.2 Å². The van der Waals surface area contributed by atoms with Gasteiger partial charge in [-0.3, -0.25) is 9.59 Å². The summed E-state index contributed by atoms with van der Waals surface area (Å²) in [4.78, 5) is 24.5. The molecule has 0 atom stereocenters. The summed E-state index contributed by atoms with van der Waals surface area (Å²) in [5.74, 6) is 0.356. The van der Waals surface area contributed by atoms with E-state index in [0.29, 0.717) is 0 Å². The number of hydrogen-bond donors (Lipinski definition) is 2. The molecule has 4 heteroatoms. The van der Waals surface area contributed by atoms with Gasteiger partial charge in [0.1, 0.15) is 0 Å². The smallest absolute Gasteiger partial charge is 0.227 e. The highest BCUT2D eigenvalue weighted by Crippen LogP contribution is 2.30. The summed E-state index contributed by atoms with van der Waals surface area (Å²) >= 11 is 0. The Bertz CT molecular complexity index is 531. The maximum atomic E-state index is 12.4. The van der Waals surface area contributed by atoms with Crippen LogP contribution in [0.1, 0.15) is 57.4 Å². The van der Waals surface area contributed by atoms with Crippen molar-refractivity contribution in [3.63, 3.8) is 0 Å². The van der Waals surface area contributed by atoms with E-state index >= 15 is 0 Å². The van der Waals surface area contributed by atoms with Crippen molar-refractivity contribution in [3.05, 3.63) is 29.8 Å². The van der Waals surface area contributed by atoms with Crippen molar-refractivity contribution in [3.8, 4) is 0 Å². The van der Waals surface area contributed by atoms with Crippen LogP contribution in [0.5, 0.6) is 0 Å². The third-order valence-electron chi connectivity index (χ3n) is 4.87. The van der Waals surface area contributed by atoms with Crippen LogP contribution in [0, 0.1) is 18.8 Å². The van der Waals surface area contributed by atoms with Crippen LogP contribution >= 0.6 is 0 Å². The lowest BCUT2D eigenvalue weighted by Gasteiger charge is -2.27. The van der Waals surface area contributed by atoms with Crippen molar-refractivity contribution in [2.75, 3.05) is 11.9 Å². The Morgan fingerprint density at radius 2 is 1.54 bits per heavy atom. The van der Waals surface area contributed by atoms with E-state index in [4.69, 9.17) is 0 Å². The van der Waals surface area contributed by atoms with E-state index in [1.807, 2.05) is 31.2 Å². The second kappa shape index (κ2) is 9.45. The molecule has 0 aliphatic heterocycles. The Morgan fingerprint density at radius 1 is 0.958 bits per heavy atom. The van der Waals surface area contributed by atoms with Crippen LogP contribution in [-0.2, 0) is 9.59 Å². The predicted octanol–water partition coefficient (Wildman–Crippen LogP) is 4.05. The maximum absolute atomic E-state index is 12.4. The molecule has 0 heterocycles. The van der Waals surface area contributed by atoms with E-state index < -0.39 is 0 Å². The average molecular weight is 330 g/mol. The summed E-state index contributed by atoms with van der Waals surface area (Å²) in [6.07, 6.45) is 6.59. The number of anilines is 1. The fourth-order valence-corrected chi connectivity index (χ4v) is 3.23. The molecule has 4 nitrogen and oxygen atoms in total. The van der Waals surface area contributed by atoms with Gasteiger partial charge in [-0.1, -0.05) is 37.5 Å². The largest absolute Gasteiger partial charge is 0.356 e. The summed E-state index contributed by atoms with van der Waals surface area (Å²) in [5.41, 5.74) is 2.03. The van der Waals surface area contributed by atoms with E-state index in [1.165, 1.54) is 5.56 Å². The number of aryl methyl sites for hydroxylation is 1. The number of nitrogens with one attached hydrogen (secondary N) is 2. The van der Waals surface area contributed by atoms with Crippen LogP contribution in [0.15, 0.2) is 24.3 Å². The Hall–Kier alpha value is -1.84. The Labute approximate surface area is 145 Å². The number of carbonyl (C=O) groups excluding carboxylic acids is 2. The molecule has 24 heavy (non-hydrogen) atoms. The van der Waals surface area contributed by atoms with Gasteiger partial charge in [-0.15, -0.1) is 0 Å². The highest BCUT2D eigenvalue weighted by atomic mass is 16.2. The zero-order valence-electron chi connectivity index (χ0n) is 14.9. The number of benzene rings is 1. The van der Waals surface area contributed by atoms with E-state index in [2.05, 4.69) is 17.6 Å². The normalized spacial score (nSPS) is 20.4. The van der Waals surface area contributed by atoms with Gasteiger partial charge in [0.2, 0.25) is 11.8 Å². The molecule has 1 aromatic carbocycles. The number of amides is 2. The molecule has 0 saturated heterocycles. The van der Waals surface area contributed by atoms with Gasteiger partial charge >= 0.3 is 0 Å². The molecule has 1 aliphatic rings. The molecule has 0 unspecified atom stereocenters. The van der Waals surface area contributed by atoms with Crippen LogP contribution in [0.3, 0.4) is 0 Å². The van der Waals surface area contributed by atoms with Gasteiger partial charge < -0.3 is 10.6 Å². The molecule has 0 aromatic heterocycles. The molecule has 0 spiro atoms. The number of hydrogen-bond acceptors (Lipinski definition) is 2. The predicted molar refractivity (Wildman–Crippen MR) is 97.8 cm³/mol. The third kappa shape index (κ3) is 5.66. The number of carbonyl (C=O) groups is 2. The third-order valence-corrected chi connectivity index (χ3v) is 4.87. The molecule has 1 fully saturated rings. The van der Waals surface area contributed by atoms with Crippen molar-refractivity contribution in [2.45, 2.75) is 58.8 Å². The van der Waals surface area contributed by atoms with Gasteiger partial charge in [0.15, 0.2) is 0 Å². The summed E-state index contributed by atoms with van der Waals surface area (Å²) in [6.45, 7) is 4.96. The zero-order chi connectivity index (χ0) is 17.4. The highest BCUT2D eigenvalue weighted by Gasteiger charge is 2.29. The van der Waals surface area contributed by atoms with Gasteiger partial charge in [-0.25, -0.2) is 0 Å². The zero-order valence-corrected chi connectivity index (χ0v) is 14.9. The van der Waals surface area contributed by atoms with Crippen LogP contribution < -0.4 is 10.6 Å². The monoisotopic (exact) mass is 330 g/mol. The van der Waals surface area contributed by atoms with Gasteiger partial charge in [-0.05, 0) is 51.2 Å². The second-order valence-corrected chi connectivity index (χ2v) is 6.90. The summed E-state index contributed by atoms with van der Waals surface area (Å²) in [5, 5.41) is 6.03. The number of unbranched alkanes of at least 4 members (excludes halogenated alkanes) is 2. The van der Waals surface area contributed by atoms with Gasteiger partial charge in [0.25, 0.3) is 0 Å². The molecule has 0 bridgehead atoms. The first-order chi connectivity index (χ1) is 11.6.